The first-order valence-electron chi connectivity index (χ1n) is 8.53. The van der Waals surface area contributed by atoms with Gasteiger partial charge in [0.25, 0.3) is 11.5 Å². The smallest absolute Gasteiger partial charge is 0.326 e. The molecule has 2 atom stereocenters. The highest BCUT2D eigenvalue weighted by molar-refractivity contribution is 5.92. The number of hydrogen-bond donors (Lipinski definition) is 3. The largest absolute Gasteiger partial charge is 0.396 e. The molecule has 2 aliphatic heterocycles. The second kappa shape index (κ2) is 7.31. The summed E-state index contributed by atoms with van der Waals surface area (Å²) in [6.07, 6.45) is 3.67. The molecule has 24 heavy (non-hydrogen) atoms. The predicted molar refractivity (Wildman–Crippen MR) is 87.9 cm³/mol. The summed E-state index contributed by atoms with van der Waals surface area (Å²) in [6, 6.07) is 1.11. The van der Waals surface area contributed by atoms with E-state index in [1.165, 1.54) is 19.3 Å². The van der Waals surface area contributed by atoms with E-state index in [0.717, 1.165) is 25.7 Å². The van der Waals surface area contributed by atoms with Crippen LogP contribution in [-0.4, -0.2) is 70.1 Å². The fourth-order valence-electron chi connectivity index (χ4n) is 3.75. The molecule has 3 heterocycles. The molecule has 0 radical (unpaired) electrons. The zero-order valence-corrected chi connectivity index (χ0v) is 13.7. The van der Waals surface area contributed by atoms with E-state index < -0.39 is 11.2 Å². The predicted octanol–water partition coefficient (Wildman–Crippen LogP) is -0.770. The summed E-state index contributed by atoms with van der Waals surface area (Å²) in [4.78, 5) is 43.8. The molecular formula is C16H24N4O4. The average Bonchev–Trinajstić information content (AvgIpc) is 2.97. The van der Waals surface area contributed by atoms with Crippen LogP contribution in [-0.2, 0) is 0 Å². The number of aromatic amines is 2. The van der Waals surface area contributed by atoms with Crippen LogP contribution < -0.4 is 11.2 Å². The van der Waals surface area contributed by atoms with Crippen molar-refractivity contribution < 1.29 is 9.90 Å². The van der Waals surface area contributed by atoms with Crippen LogP contribution in [0.25, 0.3) is 0 Å². The molecule has 132 valence electrons. The number of rotatable bonds is 4. The van der Waals surface area contributed by atoms with E-state index in [-0.39, 0.29) is 30.0 Å². The molecule has 8 heteroatoms. The fraction of sp³-hybridized carbons (Fsp3) is 0.688. The van der Waals surface area contributed by atoms with E-state index >= 15 is 0 Å². The number of carbonyl (C=O) groups excluding carboxylic acids is 1. The van der Waals surface area contributed by atoms with Crippen molar-refractivity contribution in [3.05, 3.63) is 32.6 Å². The minimum absolute atomic E-state index is 0.000868. The minimum Gasteiger partial charge on any atom is -0.396 e. The molecule has 0 saturated carbocycles. The number of piperidine rings is 1. The van der Waals surface area contributed by atoms with Crippen molar-refractivity contribution in [2.45, 2.75) is 19.3 Å². The Morgan fingerprint density at radius 3 is 2.50 bits per heavy atom. The highest BCUT2D eigenvalue weighted by atomic mass is 16.3. The fourth-order valence-corrected chi connectivity index (χ4v) is 3.75. The van der Waals surface area contributed by atoms with Crippen LogP contribution in [0, 0.1) is 11.8 Å². The Bertz CT molecular complexity index is 664. The van der Waals surface area contributed by atoms with Crippen molar-refractivity contribution in [3.8, 4) is 0 Å². The van der Waals surface area contributed by atoms with Crippen molar-refractivity contribution >= 4 is 5.91 Å². The lowest BCUT2D eigenvalue weighted by atomic mass is 9.95. The van der Waals surface area contributed by atoms with Gasteiger partial charge >= 0.3 is 5.69 Å². The Morgan fingerprint density at radius 1 is 1.12 bits per heavy atom. The highest BCUT2D eigenvalue weighted by Gasteiger charge is 2.36. The summed E-state index contributed by atoms with van der Waals surface area (Å²) >= 11 is 0. The van der Waals surface area contributed by atoms with Crippen molar-refractivity contribution in [2.24, 2.45) is 11.8 Å². The lowest BCUT2D eigenvalue weighted by Gasteiger charge is -2.30. The molecule has 3 N–H and O–H groups in total. The van der Waals surface area contributed by atoms with Crippen molar-refractivity contribution in [1.29, 1.82) is 0 Å². The van der Waals surface area contributed by atoms with Crippen LogP contribution >= 0.6 is 0 Å². The molecule has 0 unspecified atom stereocenters. The van der Waals surface area contributed by atoms with Gasteiger partial charge in [-0.25, -0.2) is 4.79 Å². The quantitative estimate of drug-likeness (QED) is 0.669. The third-order valence-corrected chi connectivity index (χ3v) is 5.03. The summed E-state index contributed by atoms with van der Waals surface area (Å²) < 4.78 is 0. The number of amides is 1. The molecule has 1 aromatic rings. The summed E-state index contributed by atoms with van der Waals surface area (Å²) in [5.74, 6) is -0.117. The van der Waals surface area contributed by atoms with Gasteiger partial charge in [-0.3, -0.25) is 14.6 Å². The van der Waals surface area contributed by atoms with Gasteiger partial charge in [0.05, 0.1) is 0 Å². The van der Waals surface area contributed by atoms with Crippen LogP contribution in [0.1, 0.15) is 29.8 Å². The highest BCUT2D eigenvalue weighted by Crippen LogP contribution is 2.26. The number of carbonyl (C=O) groups is 1. The van der Waals surface area contributed by atoms with Gasteiger partial charge in [-0.05, 0) is 31.8 Å². The van der Waals surface area contributed by atoms with Gasteiger partial charge in [0.2, 0.25) is 0 Å². The van der Waals surface area contributed by atoms with E-state index in [1.54, 1.807) is 4.90 Å². The number of nitrogens with zero attached hydrogens (tertiary/aromatic N) is 2. The van der Waals surface area contributed by atoms with Crippen LogP contribution in [0.15, 0.2) is 15.7 Å². The van der Waals surface area contributed by atoms with Crippen LogP contribution in [0.2, 0.25) is 0 Å². The topological polar surface area (TPSA) is 109 Å². The number of aliphatic hydroxyl groups excluding tert-OH is 1. The third kappa shape index (κ3) is 3.76. The first kappa shape index (κ1) is 16.9. The Kier molecular flexibility index (Phi) is 5.15. The summed E-state index contributed by atoms with van der Waals surface area (Å²) in [5.41, 5.74) is -1.28. The number of nitrogens with one attached hydrogen (secondary N) is 2. The molecule has 1 aromatic heterocycles. The number of hydrogen-bond acceptors (Lipinski definition) is 5. The Labute approximate surface area is 139 Å². The average molecular weight is 336 g/mol. The molecule has 0 bridgehead atoms. The van der Waals surface area contributed by atoms with Crippen LogP contribution in [0.3, 0.4) is 0 Å². The summed E-state index contributed by atoms with van der Waals surface area (Å²) in [5, 5.41) is 9.65. The third-order valence-electron chi connectivity index (χ3n) is 5.03. The monoisotopic (exact) mass is 336 g/mol. The first-order chi connectivity index (χ1) is 11.6. The molecule has 0 aliphatic carbocycles. The molecule has 3 rings (SSSR count). The molecule has 2 saturated heterocycles. The van der Waals surface area contributed by atoms with Gasteiger partial charge in [0, 0.05) is 38.2 Å². The molecule has 2 aliphatic rings. The lowest BCUT2D eigenvalue weighted by molar-refractivity contribution is 0.0772. The Balaban J connectivity index is 1.69. The van der Waals surface area contributed by atoms with Crippen LogP contribution in [0.5, 0.6) is 0 Å². The molecule has 1 amide bonds. The van der Waals surface area contributed by atoms with E-state index in [2.05, 4.69) is 14.9 Å². The van der Waals surface area contributed by atoms with Gasteiger partial charge < -0.3 is 19.9 Å². The van der Waals surface area contributed by atoms with Crippen molar-refractivity contribution in [1.82, 2.24) is 19.8 Å². The van der Waals surface area contributed by atoms with Gasteiger partial charge in [-0.1, -0.05) is 6.42 Å². The number of aliphatic hydroxyl groups is 1. The van der Waals surface area contributed by atoms with Gasteiger partial charge in [0.1, 0.15) is 5.69 Å². The Hall–Kier alpha value is -1.93. The maximum atomic E-state index is 12.6. The van der Waals surface area contributed by atoms with Gasteiger partial charge in [0.15, 0.2) is 0 Å². The maximum Gasteiger partial charge on any atom is 0.326 e. The van der Waals surface area contributed by atoms with E-state index in [9.17, 15) is 19.5 Å². The SMILES string of the molecule is O=C(c1cc(=O)[nH]c(=O)[nH]1)N1C[C@@H](CO)[C@@H](CN2CCCCC2)C1. The molecule has 0 spiro atoms. The molecule has 2 fully saturated rings. The van der Waals surface area contributed by atoms with Crippen molar-refractivity contribution in [3.63, 3.8) is 0 Å². The van der Waals surface area contributed by atoms with E-state index in [4.69, 9.17) is 0 Å². The number of H-pyrrole nitrogens is 2. The van der Waals surface area contributed by atoms with Crippen molar-refractivity contribution in [2.75, 3.05) is 39.3 Å². The zero-order chi connectivity index (χ0) is 17.1. The Morgan fingerprint density at radius 2 is 1.83 bits per heavy atom. The van der Waals surface area contributed by atoms with Gasteiger partial charge in [-0.15, -0.1) is 0 Å². The lowest BCUT2D eigenvalue weighted by Crippen LogP contribution is -2.37. The number of aromatic nitrogens is 2. The standard InChI is InChI=1S/C16H24N4O4/c21-10-12-9-20(8-11(12)7-19-4-2-1-3-5-19)15(23)13-6-14(22)18-16(24)17-13/h6,11-12,21H,1-5,7-10H2,(H2,17,18,22,24)/t11-,12-/m0/s1. The second-order valence-electron chi connectivity index (χ2n) is 6.78. The first-order valence-corrected chi connectivity index (χ1v) is 8.53. The molecule has 0 aromatic carbocycles. The molecular weight excluding hydrogens is 312 g/mol. The van der Waals surface area contributed by atoms with Gasteiger partial charge in [-0.2, -0.15) is 0 Å². The zero-order valence-electron chi connectivity index (χ0n) is 13.7. The minimum atomic E-state index is -0.686. The van der Waals surface area contributed by atoms with E-state index in [1.807, 2.05) is 0 Å². The van der Waals surface area contributed by atoms with E-state index in [0.29, 0.717) is 13.1 Å². The normalized spacial score (nSPS) is 25.1. The maximum absolute atomic E-state index is 12.6. The summed E-state index contributed by atoms with van der Waals surface area (Å²) in [6.45, 7) is 4.04. The number of likely N-dealkylation sites (tertiary alicyclic amines) is 2. The van der Waals surface area contributed by atoms with Crippen LogP contribution in [0.4, 0.5) is 0 Å². The second-order valence-corrected chi connectivity index (χ2v) is 6.78. The summed E-state index contributed by atoms with van der Waals surface area (Å²) in [7, 11) is 0. The molecule has 8 nitrogen and oxygen atoms in total.